The van der Waals surface area contributed by atoms with Gasteiger partial charge >= 0.3 is 0 Å². The van der Waals surface area contributed by atoms with Gasteiger partial charge in [-0.05, 0) is 41.1 Å². The molecule has 2 aliphatic rings. The third-order valence-corrected chi connectivity index (χ3v) is 6.57. The van der Waals surface area contributed by atoms with E-state index in [1.807, 2.05) is 36.4 Å². The van der Waals surface area contributed by atoms with Crippen LogP contribution < -0.4 is 5.73 Å². The maximum absolute atomic E-state index is 11.1. The van der Waals surface area contributed by atoms with Gasteiger partial charge in [-0.25, -0.2) is 9.67 Å². The molecular weight excluding hydrogens is 500 g/mol. The van der Waals surface area contributed by atoms with Crippen molar-refractivity contribution in [2.45, 2.75) is 43.7 Å². The van der Waals surface area contributed by atoms with Gasteiger partial charge in [0.1, 0.15) is 30.2 Å². The van der Waals surface area contributed by atoms with Crippen LogP contribution in [0.3, 0.4) is 0 Å². The van der Waals surface area contributed by atoms with Gasteiger partial charge in [0.2, 0.25) is 0 Å². The topological polar surface area (TPSA) is 105 Å². The van der Waals surface area contributed by atoms with Gasteiger partial charge in [0.05, 0.1) is 18.3 Å². The van der Waals surface area contributed by atoms with E-state index in [1.54, 1.807) is 23.7 Å². The summed E-state index contributed by atoms with van der Waals surface area (Å²) in [5, 5.41) is 16.1. The van der Waals surface area contributed by atoms with Crippen LogP contribution in [0.1, 0.15) is 29.6 Å². The molecule has 3 aromatic rings. The van der Waals surface area contributed by atoms with Crippen molar-refractivity contribution in [1.29, 1.82) is 0 Å². The van der Waals surface area contributed by atoms with Crippen molar-refractivity contribution in [2.24, 2.45) is 5.73 Å². The number of hydrogen-bond donors (Lipinski definition) is 2. The van der Waals surface area contributed by atoms with E-state index in [9.17, 15) is 5.11 Å². The fourth-order valence-corrected chi connectivity index (χ4v) is 4.69. The second-order valence-electron chi connectivity index (χ2n) is 7.86. The Bertz CT molecular complexity index is 1110. The monoisotopic (exact) mass is 520 g/mol. The summed E-state index contributed by atoms with van der Waals surface area (Å²) in [5.74, 6) is 0.954. The highest BCUT2D eigenvalue weighted by Crippen LogP contribution is 2.39. The van der Waals surface area contributed by atoms with E-state index < -0.39 is 36.7 Å². The summed E-state index contributed by atoms with van der Waals surface area (Å²) in [7, 11) is 0. The third-order valence-electron chi connectivity index (χ3n) is 5.66. The van der Waals surface area contributed by atoms with E-state index in [-0.39, 0.29) is 6.61 Å². The molecule has 8 nitrogen and oxygen atoms in total. The second-order valence-corrected chi connectivity index (χ2v) is 9.16. The average Bonchev–Trinajstić information content (AvgIpc) is 3.19. The molecule has 5 rings (SSSR count). The molecule has 0 radical (unpaired) electrons. The molecule has 0 bridgehead atoms. The molecular formula is C22H22BrClN4O4. The number of fused-ring (bicyclic) bond motifs is 1. The van der Waals surface area contributed by atoms with Crippen LogP contribution in [0.2, 0.25) is 5.02 Å². The van der Waals surface area contributed by atoms with Crippen LogP contribution in [0.5, 0.6) is 0 Å². The summed E-state index contributed by atoms with van der Waals surface area (Å²) in [5.41, 5.74) is 8.02. The first-order valence-corrected chi connectivity index (χ1v) is 11.4. The fraction of sp³-hybridized carbons (Fsp3) is 0.364. The van der Waals surface area contributed by atoms with Crippen LogP contribution in [0.4, 0.5) is 0 Å². The first-order valence-electron chi connectivity index (χ1n) is 10.2. The number of aliphatic hydroxyl groups excluding tert-OH is 1. The van der Waals surface area contributed by atoms with Crippen LogP contribution in [0.25, 0.3) is 5.69 Å². The molecule has 6 atom stereocenters. The molecule has 2 saturated heterocycles. The van der Waals surface area contributed by atoms with E-state index in [0.717, 1.165) is 10.0 Å². The molecule has 3 heterocycles. The van der Waals surface area contributed by atoms with Gasteiger partial charge in [0, 0.05) is 15.1 Å². The predicted molar refractivity (Wildman–Crippen MR) is 120 cm³/mol. The van der Waals surface area contributed by atoms with Crippen molar-refractivity contribution < 1.29 is 19.3 Å². The molecule has 10 heteroatoms. The largest absolute Gasteiger partial charge is 0.388 e. The minimum Gasteiger partial charge on any atom is -0.388 e. The Balaban J connectivity index is 1.44. The molecule has 1 aromatic heterocycles. The predicted octanol–water partition coefficient (Wildman–Crippen LogP) is 3.23. The zero-order chi connectivity index (χ0) is 22.4. The summed E-state index contributed by atoms with van der Waals surface area (Å²) in [6.45, 7) is 2.04. The maximum atomic E-state index is 11.1. The number of rotatable bonds is 3. The van der Waals surface area contributed by atoms with Gasteiger partial charge in [-0.15, -0.1) is 0 Å². The van der Waals surface area contributed by atoms with Gasteiger partial charge < -0.3 is 25.1 Å². The van der Waals surface area contributed by atoms with Crippen LogP contribution in [0.15, 0.2) is 53.0 Å². The lowest BCUT2D eigenvalue weighted by atomic mass is 9.92. The van der Waals surface area contributed by atoms with Crippen LogP contribution >= 0.6 is 27.5 Å². The summed E-state index contributed by atoms with van der Waals surface area (Å²) in [6.07, 6.45) is -3.45. The van der Waals surface area contributed by atoms with Crippen molar-refractivity contribution in [1.82, 2.24) is 14.8 Å². The Morgan fingerprint density at radius 2 is 1.97 bits per heavy atom. The number of hydrogen-bond acceptors (Lipinski definition) is 7. The number of benzene rings is 2. The molecule has 3 N–H and O–H groups in total. The molecule has 2 aliphatic heterocycles. The lowest BCUT2D eigenvalue weighted by molar-refractivity contribution is -0.309. The van der Waals surface area contributed by atoms with Gasteiger partial charge in [0.15, 0.2) is 12.1 Å². The first-order chi connectivity index (χ1) is 15.4. The molecule has 2 aromatic carbocycles. The minimum absolute atomic E-state index is 0.273. The first kappa shape index (κ1) is 22.0. The Kier molecular flexibility index (Phi) is 6.06. The molecule has 2 fully saturated rings. The van der Waals surface area contributed by atoms with E-state index >= 15 is 0 Å². The Hall–Kier alpha value is -1.85. The average molecular weight is 522 g/mol. The van der Waals surface area contributed by atoms with Gasteiger partial charge in [-0.3, -0.25) is 0 Å². The Morgan fingerprint density at radius 3 is 2.75 bits per heavy atom. The number of nitrogens with zero attached hydrogens (tertiary/aromatic N) is 3. The highest BCUT2D eigenvalue weighted by atomic mass is 79.9. The highest BCUT2D eigenvalue weighted by Gasteiger charge is 2.49. The maximum Gasteiger partial charge on any atom is 0.184 e. The third kappa shape index (κ3) is 3.99. The molecule has 32 heavy (non-hydrogen) atoms. The van der Waals surface area contributed by atoms with Crippen LogP contribution in [-0.2, 0) is 14.2 Å². The second kappa shape index (κ2) is 8.83. The number of aliphatic hydroxyl groups is 1. The normalized spacial score (nSPS) is 30.2. The quantitative estimate of drug-likeness (QED) is 0.545. The number of halogens is 2. The fourth-order valence-electron chi connectivity index (χ4n) is 4.11. The lowest BCUT2D eigenvalue weighted by Gasteiger charge is -2.46. The summed E-state index contributed by atoms with van der Waals surface area (Å²) >= 11 is 9.73. The SMILES string of the molecule is Cc1nc([C@@H]2OC3COC(c4ccccc4)O[C@@H]3C(N)C2O)n(-c2cc(Cl)ccc2Br)n1. The van der Waals surface area contributed by atoms with Crippen molar-refractivity contribution in [3.63, 3.8) is 0 Å². The van der Waals surface area contributed by atoms with Crippen LogP contribution in [-0.4, -0.2) is 50.8 Å². The Morgan fingerprint density at radius 1 is 1.19 bits per heavy atom. The van der Waals surface area contributed by atoms with Crippen molar-refractivity contribution in [3.8, 4) is 5.69 Å². The van der Waals surface area contributed by atoms with Gasteiger partial charge in [-0.2, -0.15) is 5.10 Å². The van der Waals surface area contributed by atoms with Crippen molar-refractivity contribution >= 4 is 27.5 Å². The standard InChI is InChI=1S/C22H22BrClN4O4/c1-11-26-21(28(27-11)15-9-13(24)7-8-14(15)23)20-18(29)17(25)19-16(31-20)10-30-22(32-19)12-5-3-2-4-6-12/h2-9,16-20,22,29H,10,25H2,1H3/t16?,17?,18?,19-,20+,22?/m0/s1. The van der Waals surface area contributed by atoms with Gasteiger partial charge in [0.25, 0.3) is 0 Å². The summed E-state index contributed by atoms with van der Waals surface area (Å²) in [6, 6.07) is 14.3. The highest BCUT2D eigenvalue weighted by molar-refractivity contribution is 9.10. The van der Waals surface area contributed by atoms with Crippen molar-refractivity contribution in [2.75, 3.05) is 6.61 Å². The van der Waals surface area contributed by atoms with Gasteiger partial charge in [-0.1, -0.05) is 41.9 Å². The van der Waals surface area contributed by atoms with Crippen molar-refractivity contribution in [3.05, 3.63) is 75.2 Å². The van der Waals surface area contributed by atoms with E-state index in [1.165, 1.54) is 0 Å². The molecule has 0 spiro atoms. The zero-order valence-corrected chi connectivity index (χ0v) is 19.5. The summed E-state index contributed by atoms with van der Waals surface area (Å²) < 4.78 is 20.6. The summed E-state index contributed by atoms with van der Waals surface area (Å²) in [4.78, 5) is 4.53. The minimum atomic E-state index is -1.06. The van der Waals surface area contributed by atoms with E-state index in [2.05, 4.69) is 26.0 Å². The molecule has 4 unspecified atom stereocenters. The number of aryl methyl sites for hydroxylation is 1. The van der Waals surface area contributed by atoms with E-state index in [4.69, 9.17) is 31.5 Å². The Labute approximate surface area is 198 Å². The number of ether oxygens (including phenoxy) is 3. The molecule has 0 saturated carbocycles. The van der Waals surface area contributed by atoms with Crippen LogP contribution in [0, 0.1) is 6.92 Å². The zero-order valence-electron chi connectivity index (χ0n) is 17.1. The number of aromatic nitrogens is 3. The molecule has 0 aliphatic carbocycles. The van der Waals surface area contributed by atoms with E-state index in [0.29, 0.717) is 22.4 Å². The number of nitrogens with two attached hydrogens (primary N) is 1. The molecule has 168 valence electrons. The lowest BCUT2D eigenvalue weighted by Crippen LogP contribution is -2.62. The smallest absolute Gasteiger partial charge is 0.184 e. The molecule has 0 amide bonds.